The Bertz CT molecular complexity index is 491. The second kappa shape index (κ2) is 6.27. The van der Waals surface area contributed by atoms with Crippen LogP contribution in [0.5, 0.6) is 0 Å². The Balaban J connectivity index is 0.00000144. The van der Waals surface area contributed by atoms with Crippen LogP contribution in [-0.4, -0.2) is 16.5 Å². The van der Waals surface area contributed by atoms with E-state index in [0.29, 0.717) is 30.0 Å². The van der Waals surface area contributed by atoms with Crippen molar-refractivity contribution >= 4 is 12.4 Å². The highest BCUT2D eigenvalue weighted by Gasteiger charge is 2.06. The molecule has 0 unspecified atom stereocenters. The molecular formula is C12H13ClFN3. The maximum atomic E-state index is 13.5. The molecule has 2 aromatic rings. The van der Waals surface area contributed by atoms with Crippen molar-refractivity contribution in [3.8, 4) is 11.3 Å². The summed E-state index contributed by atoms with van der Waals surface area (Å²) in [4.78, 5) is 8.33. The van der Waals surface area contributed by atoms with Crippen LogP contribution in [0, 0.1) is 5.82 Å². The topological polar surface area (TPSA) is 51.8 Å². The highest BCUT2D eigenvalue weighted by Crippen LogP contribution is 2.19. The van der Waals surface area contributed by atoms with Crippen molar-refractivity contribution in [3.05, 3.63) is 48.2 Å². The van der Waals surface area contributed by atoms with Gasteiger partial charge in [0.05, 0.1) is 5.69 Å². The molecule has 0 saturated heterocycles. The number of nitrogens with two attached hydrogens (primary N) is 1. The van der Waals surface area contributed by atoms with Gasteiger partial charge in [-0.3, -0.25) is 0 Å². The van der Waals surface area contributed by atoms with Crippen LogP contribution < -0.4 is 5.73 Å². The van der Waals surface area contributed by atoms with Crippen molar-refractivity contribution in [1.29, 1.82) is 0 Å². The zero-order chi connectivity index (χ0) is 11.4. The molecule has 0 aliphatic carbocycles. The highest BCUT2D eigenvalue weighted by molar-refractivity contribution is 5.85. The lowest BCUT2D eigenvalue weighted by Gasteiger charge is -2.03. The van der Waals surface area contributed by atoms with E-state index in [1.165, 1.54) is 6.07 Å². The first-order valence-corrected chi connectivity index (χ1v) is 5.08. The first kappa shape index (κ1) is 13.5. The SMILES string of the molecule is Cl.NCCc1nccc(-c2ccccc2F)n1. The number of nitrogens with zero attached hydrogens (tertiary/aromatic N) is 2. The maximum Gasteiger partial charge on any atom is 0.132 e. The summed E-state index contributed by atoms with van der Waals surface area (Å²) < 4.78 is 13.5. The van der Waals surface area contributed by atoms with Crippen LogP contribution in [-0.2, 0) is 6.42 Å². The molecule has 1 heterocycles. The molecule has 2 N–H and O–H groups in total. The second-order valence-electron chi connectivity index (χ2n) is 3.38. The summed E-state index contributed by atoms with van der Waals surface area (Å²) >= 11 is 0. The van der Waals surface area contributed by atoms with Crippen molar-refractivity contribution in [2.24, 2.45) is 5.73 Å². The molecule has 3 nitrogen and oxygen atoms in total. The molecule has 17 heavy (non-hydrogen) atoms. The van der Waals surface area contributed by atoms with Gasteiger partial charge in [-0.15, -0.1) is 12.4 Å². The zero-order valence-corrected chi connectivity index (χ0v) is 9.95. The van der Waals surface area contributed by atoms with Gasteiger partial charge in [0, 0.05) is 18.2 Å². The predicted molar refractivity (Wildman–Crippen MR) is 67.4 cm³/mol. The molecule has 0 saturated carbocycles. The molecule has 0 aliphatic heterocycles. The molecule has 0 amide bonds. The van der Waals surface area contributed by atoms with E-state index in [-0.39, 0.29) is 18.2 Å². The number of hydrogen-bond donors (Lipinski definition) is 1. The number of rotatable bonds is 3. The molecule has 0 fully saturated rings. The van der Waals surface area contributed by atoms with E-state index in [1.54, 1.807) is 30.5 Å². The van der Waals surface area contributed by atoms with E-state index < -0.39 is 0 Å². The third-order valence-electron chi connectivity index (χ3n) is 2.22. The van der Waals surface area contributed by atoms with Crippen molar-refractivity contribution in [2.75, 3.05) is 6.54 Å². The minimum absolute atomic E-state index is 0. The van der Waals surface area contributed by atoms with Gasteiger partial charge in [-0.05, 0) is 24.7 Å². The number of aromatic nitrogens is 2. The summed E-state index contributed by atoms with van der Waals surface area (Å²) in [5.41, 5.74) is 6.51. The van der Waals surface area contributed by atoms with Crippen molar-refractivity contribution in [3.63, 3.8) is 0 Å². The summed E-state index contributed by atoms with van der Waals surface area (Å²) in [6, 6.07) is 8.24. The van der Waals surface area contributed by atoms with Gasteiger partial charge in [0.15, 0.2) is 0 Å². The van der Waals surface area contributed by atoms with E-state index in [4.69, 9.17) is 5.73 Å². The third-order valence-corrected chi connectivity index (χ3v) is 2.22. The first-order valence-electron chi connectivity index (χ1n) is 5.08. The van der Waals surface area contributed by atoms with E-state index in [0.717, 1.165) is 0 Å². The fourth-order valence-electron chi connectivity index (χ4n) is 1.47. The molecule has 2 rings (SSSR count). The number of halogens is 2. The Morgan fingerprint density at radius 2 is 1.94 bits per heavy atom. The lowest BCUT2D eigenvalue weighted by Crippen LogP contribution is -2.06. The van der Waals surface area contributed by atoms with Gasteiger partial charge in [0.25, 0.3) is 0 Å². The van der Waals surface area contributed by atoms with Crippen LogP contribution in [0.4, 0.5) is 4.39 Å². The summed E-state index contributed by atoms with van der Waals surface area (Å²) in [6.45, 7) is 0.487. The Hall–Kier alpha value is -1.52. The normalized spacial score (nSPS) is 9.76. The molecule has 0 radical (unpaired) electrons. The highest BCUT2D eigenvalue weighted by atomic mass is 35.5. The number of benzene rings is 1. The maximum absolute atomic E-state index is 13.5. The van der Waals surface area contributed by atoms with Crippen LogP contribution in [0.25, 0.3) is 11.3 Å². The largest absolute Gasteiger partial charge is 0.330 e. The quantitative estimate of drug-likeness (QED) is 0.913. The summed E-state index contributed by atoms with van der Waals surface area (Å²) in [7, 11) is 0. The van der Waals surface area contributed by atoms with Gasteiger partial charge in [0.2, 0.25) is 0 Å². The van der Waals surface area contributed by atoms with Crippen LogP contribution in [0.2, 0.25) is 0 Å². The minimum Gasteiger partial charge on any atom is -0.330 e. The smallest absolute Gasteiger partial charge is 0.132 e. The molecular weight excluding hydrogens is 241 g/mol. The average Bonchev–Trinajstić information content (AvgIpc) is 2.30. The minimum atomic E-state index is -0.278. The number of hydrogen-bond acceptors (Lipinski definition) is 3. The van der Waals surface area contributed by atoms with Crippen LogP contribution >= 0.6 is 12.4 Å². The van der Waals surface area contributed by atoms with Gasteiger partial charge >= 0.3 is 0 Å². The predicted octanol–water partition coefficient (Wildman–Crippen LogP) is 2.21. The Morgan fingerprint density at radius 1 is 1.18 bits per heavy atom. The lowest BCUT2D eigenvalue weighted by atomic mass is 10.1. The van der Waals surface area contributed by atoms with Gasteiger partial charge in [0.1, 0.15) is 11.6 Å². The van der Waals surface area contributed by atoms with Gasteiger partial charge in [-0.25, -0.2) is 14.4 Å². The molecule has 0 spiro atoms. The van der Waals surface area contributed by atoms with Crippen molar-refractivity contribution < 1.29 is 4.39 Å². The third kappa shape index (κ3) is 3.22. The van der Waals surface area contributed by atoms with Gasteiger partial charge in [-0.1, -0.05) is 12.1 Å². The summed E-state index contributed by atoms with van der Waals surface area (Å²) in [6.07, 6.45) is 2.22. The lowest BCUT2D eigenvalue weighted by molar-refractivity contribution is 0.630. The molecule has 90 valence electrons. The molecule has 1 aromatic heterocycles. The molecule has 0 aliphatic rings. The Morgan fingerprint density at radius 3 is 2.65 bits per heavy atom. The average molecular weight is 254 g/mol. The Kier molecular flexibility index (Phi) is 5.00. The molecule has 0 bridgehead atoms. The monoisotopic (exact) mass is 253 g/mol. The first-order chi connectivity index (χ1) is 7.81. The zero-order valence-electron chi connectivity index (χ0n) is 9.14. The second-order valence-corrected chi connectivity index (χ2v) is 3.38. The fraction of sp³-hybridized carbons (Fsp3) is 0.167. The Labute approximate surface area is 105 Å². The van der Waals surface area contributed by atoms with E-state index in [1.807, 2.05) is 0 Å². The van der Waals surface area contributed by atoms with Gasteiger partial charge in [-0.2, -0.15) is 0 Å². The van der Waals surface area contributed by atoms with Crippen LogP contribution in [0.3, 0.4) is 0 Å². The van der Waals surface area contributed by atoms with E-state index in [9.17, 15) is 4.39 Å². The van der Waals surface area contributed by atoms with Crippen molar-refractivity contribution in [2.45, 2.75) is 6.42 Å². The van der Waals surface area contributed by atoms with Gasteiger partial charge < -0.3 is 5.73 Å². The molecule has 1 aromatic carbocycles. The summed E-state index contributed by atoms with van der Waals surface area (Å²) in [5.74, 6) is 0.364. The molecule has 0 atom stereocenters. The van der Waals surface area contributed by atoms with Crippen molar-refractivity contribution in [1.82, 2.24) is 9.97 Å². The molecule has 5 heteroatoms. The van der Waals surface area contributed by atoms with Crippen LogP contribution in [0.15, 0.2) is 36.5 Å². The van der Waals surface area contributed by atoms with E-state index >= 15 is 0 Å². The standard InChI is InChI=1S/C12H12FN3.ClH/c13-10-4-2-1-3-9(10)11-6-8-15-12(16-11)5-7-14;/h1-4,6,8H,5,7,14H2;1H. The summed E-state index contributed by atoms with van der Waals surface area (Å²) in [5, 5.41) is 0. The van der Waals surface area contributed by atoms with E-state index in [2.05, 4.69) is 9.97 Å². The fourth-order valence-corrected chi connectivity index (χ4v) is 1.47. The van der Waals surface area contributed by atoms with Crippen LogP contribution in [0.1, 0.15) is 5.82 Å².